The van der Waals surface area contributed by atoms with Crippen molar-refractivity contribution in [3.05, 3.63) is 0 Å². The van der Waals surface area contributed by atoms with Crippen molar-refractivity contribution in [1.29, 1.82) is 0 Å². The Bertz CT molecular complexity index is 242. The lowest BCUT2D eigenvalue weighted by Gasteiger charge is -2.34. The number of likely N-dealkylation sites (N-methyl/N-ethyl adjacent to an activating group) is 1. The fourth-order valence-corrected chi connectivity index (χ4v) is 1.66. The third-order valence-corrected chi connectivity index (χ3v) is 2.61. The Morgan fingerprint density at radius 1 is 1.71 bits per heavy atom. The van der Waals surface area contributed by atoms with E-state index in [-0.39, 0.29) is 11.8 Å². The van der Waals surface area contributed by atoms with Gasteiger partial charge in [-0.25, -0.2) is 0 Å². The van der Waals surface area contributed by atoms with E-state index in [1.54, 1.807) is 18.9 Å². The molecule has 1 aliphatic heterocycles. The summed E-state index contributed by atoms with van der Waals surface area (Å²) < 4.78 is 0. The van der Waals surface area contributed by atoms with Crippen LogP contribution in [0.25, 0.3) is 0 Å². The monoisotopic (exact) mass is 199 g/mol. The van der Waals surface area contributed by atoms with Crippen LogP contribution in [-0.4, -0.2) is 42.4 Å². The van der Waals surface area contributed by atoms with Crippen LogP contribution in [0.1, 0.15) is 19.8 Å². The zero-order valence-electron chi connectivity index (χ0n) is 8.62. The van der Waals surface area contributed by atoms with E-state index in [0.717, 1.165) is 12.8 Å². The summed E-state index contributed by atoms with van der Waals surface area (Å²) >= 11 is 0. The van der Waals surface area contributed by atoms with Crippen molar-refractivity contribution >= 4 is 11.8 Å². The molecule has 0 aromatic rings. The van der Waals surface area contributed by atoms with Crippen molar-refractivity contribution in [3.63, 3.8) is 0 Å². The van der Waals surface area contributed by atoms with E-state index in [9.17, 15) is 9.59 Å². The highest BCUT2D eigenvalue weighted by Gasteiger charge is 2.31. The first kappa shape index (κ1) is 11.0. The minimum Gasteiger partial charge on any atom is -0.357 e. The second-order valence-electron chi connectivity index (χ2n) is 3.57. The molecule has 1 saturated heterocycles. The van der Waals surface area contributed by atoms with Crippen LogP contribution in [-0.2, 0) is 9.59 Å². The molecule has 0 saturated carbocycles. The van der Waals surface area contributed by atoms with Crippen molar-refractivity contribution in [1.82, 2.24) is 10.2 Å². The number of carbonyl (C=O) groups is 2. The van der Waals surface area contributed by atoms with Gasteiger partial charge in [0.1, 0.15) is 6.04 Å². The molecule has 2 amide bonds. The molecule has 1 aliphatic rings. The van der Waals surface area contributed by atoms with Gasteiger partial charge >= 0.3 is 0 Å². The fourth-order valence-electron chi connectivity index (χ4n) is 1.66. The van der Waals surface area contributed by atoms with Crippen LogP contribution < -0.4 is 11.1 Å². The summed E-state index contributed by atoms with van der Waals surface area (Å²) in [6.07, 6.45) is 1.59. The van der Waals surface area contributed by atoms with Crippen LogP contribution in [0.5, 0.6) is 0 Å². The van der Waals surface area contributed by atoms with E-state index in [1.165, 1.54) is 0 Å². The Labute approximate surface area is 83.6 Å². The second kappa shape index (κ2) is 4.41. The van der Waals surface area contributed by atoms with Crippen LogP contribution in [0.15, 0.2) is 0 Å². The number of piperidine rings is 1. The van der Waals surface area contributed by atoms with Crippen molar-refractivity contribution in [2.24, 2.45) is 5.73 Å². The van der Waals surface area contributed by atoms with Gasteiger partial charge in [0.05, 0.1) is 6.04 Å². The topological polar surface area (TPSA) is 75.4 Å². The summed E-state index contributed by atoms with van der Waals surface area (Å²) in [5.74, 6) is -0.264. The molecule has 5 heteroatoms. The molecule has 5 nitrogen and oxygen atoms in total. The molecule has 0 unspecified atom stereocenters. The first-order chi connectivity index (χ1) is 6.57. The Balaban J connectivity index is 2.66. The molecule has 0 aromatic carbocycles. The predicted molar refractivity (Wildman–Crippen MR) is 52.5 cm³/mol. The largest absolute Gasteiger partial charge is 0.357 e. The Hall–Kier alpha value is -1.10. The van der Waals surface area contributed by atoms with Crippen molar-refractivity contribution in [2.75, 3.05) is 13.6 Å². The van der Waals surface area contributed by atoms with Crippen LogP contribution in [0, 0.1) is 0 Å². The summed E-state index contributed by atoms with van der Waals surface area (Å²) in [4.78, 5) is 24.5. The Morgan fingerprint density at radius 2 is 2.36 bits per heavy atom. The third-order valence-electron chi connectivity index (χ3n) is 2.61. The highest BCUT2D eigenvalue weighted by atomic mass is 16.2. The van der Waals surface area contributed by atoms with Crippen LogP contribution in [0.4, 0.5) is 0 Å². The number of nitrogens with two attached hydrogens (primary N) is 1. The van der Waals surface area contributed by atoms with E-state index >= 15 is 0 Å². The molecule has 1 rings (SSSR count). The van der Waals surface area contributed by atoms with Gasteiger partial charge in [0.25, 0.3) is 0 Å². The van der Waals surface area contributed by atoms with Gasteiger partial charge in [0, 0.05) is 13.6 Å². The van der Waals surface area contributed by atoms with Gasteiger partial charge < -0.3 is 16.0 Å². The molecule has 0 aliphatic carbocycles. The molecule has 0 aromatic heterocycles. The van der Waals surface area contributed by atoms with Crippen molar-refractivity contribution in [2.45, 2.75) is 31.8 Å². The lowest BCUT2D eigenvalue weighted by Crippen LogP contribution is -2.55. The molecule has 2 atom stereocenters. The number of hydrogen-bond donors (Lipinski definition) is 2. The summed E-state index contributed by atoms with van der Waals surface area (Å²) in [5.41, 5.74) is 5.63. The number of hydrogen-bond acceptors (Lipinski definition) is 3. The normalized spacial score (nSPS) is 24.6. The maximum absolute atomic E-state index is 11.6. The van der Waals surface area contributed by atoms with Crippen molar-refractivity contribution in [3.8, 4) is 0 Å². The van der Waals surface area contributed by atoms with E-state index in [2.05, 4.69) is 5.32 Å². The Morgan fingerprint density at radius 3 is 2.93 bits per heavy atom. The van der Waals surface area contributed by atoms with E-state index in [1.807, 2.05) is 0 Å². The van der Waals surface area contributed by atoms with Crippen LogP contribution >= 0.6 is 0 Å². The zero-order valence-corrected chi connectivity index (χ0v) is 8.62. The summed E-state index contributed by atoms with van der Waals surface area (Å²) in [6, 6.07) is -0.852. The first-order valence-electron chi connectivity index (χ1n) is 4.85. The summed E-state index contributed by atoms with van der Waals surface area (Å²) in [6.45, 7) is 2.34. The number of amides is 2. The Kier molecular flexibility index (Phi) is 3.46. The van der Waals surface area contributed by atoms with Crippen LogP contribution in [0.2, 0.25) is 0 Å². The first-order valence-corrected chi connectivity index (χ1v) is 4.85. The molecule has 1 fully saturated rings. The van der Waals surface area contributed by atoms with Gasteiger partial charge in [-0.2, -0.15) is 0 Å². The molecule has 0 bridgehead atoms. The fraction of sp³-hybridized carbons (Fsp3) is 0.778. The molecule has 0 radical (unpaired) electrons. The van der Waals surface area contributed by atoms with Gasteiger partial charge in [0.15, 0.2) is 0 Å². The molecule has 14 heavy (non-hydrogen) atoms. The minimum atomic E-state index is -0.434. The third kappa shape index (κ3) is 2.04. The highest BCUT2D eigenvalue weighted by molar-refractivity contribution is 5.89. The number of likely N-dealkylation sites (tertiary alicyclic amines) is 1. The van der Waals surface area contributed by atoms with E-state index in [0.29, 0.717) is 6.54 Å². The van der Waals surface area contributed by atoms with E-state index < -0.39 is 12.1 Å². The average Bonchev–Trinajstić information content (AvgIpc) is 2.20. The number of rotatable bonds is 2. The average molecular weight is 199 g/mol. The highest BCUT2D eigenvalue weighted by Crippen LogP contribution is 2.13. The standard InChI is InChI=1S/C9H17N3O2/c1-6(8(13)11-2)12-5-3-4-7(10)9(12)14/h6-7H,3-5,10H2,1-2H3,(H,11,13)/t6-,7+/m1/s1. The quantitative estimate of drug-likeness (QED) is 0.603. The molecule has 3 N–H and O–H groups in total. The van der Waals surface area contributed by atoms with Gasteiger partial charge in [-0.15, -0.1) is 0 Å². The molecular formula is C9H17N3O2. The summed E-state index contributed by atoms with van der Waals surface area (Å²) in [7, 11) is 1.56. The van der Waals surface area contributed by atoms with Crippen molar-refractivity contribution < 1.29 is 9.59 Å². The number of carbonyl (C=O) groups excluding carboxylic acids is 2. The number of nitrogens with zero attached hydrogens (tertiary/aromatic N) is 1. The molecule has 80 valence electrons. The number of nitrogens with one attached hydrogen (secondary N) is 1. The predicted octanol–water partition coefficient (Wildman–Crippen LogP) is -0.929. The van der Waals surface area contributed by atoms with Gasteiger partial charge in [-0.05, 0) is 19.8 Å². The van der Waals surface area contributed by atoms with E-state index in [4.69, 9.17) is 5.73 Å². The maximum atomic E-state index is 11.6. The SMILES string of the molecule is CNC(=O)[C@@H](C)N1CCC[C@H](N)C1=O. The minimum absolute atomic E-state index is 0.118. The lowest BCUT2D eigenvalue weighted by atomic mass is 10.0. The van der Waals surface area contributed by atoms with Gasteiger partial charge in [-0.3, -0.25) is 9.59 Å². The van der Waals surface area contributed by atoms with Gasteiger partial charge in [-0.1, -0.05) is 0 Å². The van der Waals surface area contributed by atoms with Gasteiger partial charge in [0.2, 0.25) is 11.8 Å². The molecular weight excluding hydrogens is 182 g/mol. The van der Waals surface area contributed by atoms with Crippen LogP contribution in [0.3, 0.4) is 0 Å². The zero-order chi connectivity index (χ0) is 10.7. The molecule has 1 heterocycles. The maximum Gasteiger partial charge on any atom is 0.242 e. The lowest BCUT2D eigenvalue weighted by molar-refractivity contribution is -0.142. The second-order valence-corrected chi connectivity index (χ2v) is 3.57. The smallest absolute Gasteiger partial charge is 0.242 e. The summed E-state index contributed by atoms with van der Waals surface area (Å²) in [5, 5.41) is 2.52. The molecule has 0 spiro atoms.